The van der Waals surface area contributed by atoms with Gasteiger partial charge in [-0.05, 0) is 77.8 Å². The number of likely N-dealkylation sites (tertiary alicyclic amines) is 1. The Bertz CT molecular complexity index is 429. The maximum Gasteiger partial charge on any atom is 0.410 e. The molecule has 0 bridgehead atoms. The van der Waals surface area contributed by atoms with Crippen LogP contribution in [0.4, 0.5) is 4.79 Å². The minimum absolute atomic E-state index is 0.154. The van der Waals surface area contributed by atoms with Crippen molar-refractivity contribution in [2.45, 2.75) is 77.0 Å². The van der Waals surface area contributed by atoms with Crippen LogP contribution in [0, 0.1) is 11.8 Å². The van der Waals surface area contributed by atoms with E-state index in [1.165, 1.54) is 38.6 Å². The van der Waals surface area contributed by atoms with Gasteiger partial charge in [-0.3, -0.25) is 0 Å². The highest BCUT2D eigenvalue weighted by Crippen LogP contribution is 2.32. The van der Waals surface area contributed by atoms with Crippen LogP contribution in [0.25, 0.3) is 0 Å². The van der Waals surface area contributed by atoms with Crippen LogP contribution in [0.1, 0.15) is 59.3 Å². The predicted molar refractivity (Wildman–Crippen MR) is 96.1 cm³/mol. The van der Waals surface area contributed by atoms with Gasteiger partial charge in [0.15, 0.2) is 0 Å². The molecule has 24 heavy (non-hydrogen) atoms. The Morgan fingerprint density at radius 3 is 2.75 bits per heavy atom. The molecule has 3 fully saturated rings. The van der Waals surface area contributed by atoms with Crippen molar-refractivity contribution in [3.63, 3.8) is 0 Å². The van der Waals surface area contributed by atoms with E-state index in [1.807, 2.05) is 25.7 Å². The summed E-state index contributed by atoms with van der Waals surface area (Å²) in [5.41, 5.74) is -0.404. The molecule has 0 aromatic heterocycles. The van der Waals surface area contributed by atoms with Gasteiger partial charge in [0.2, 0.25) is 0 Å². The lowest BCUT2D eigenvalue weighted by molar-refractivity contribution is 0.0288. The van der Waals surface area contributed by atoms with Crippen LogP contribution < -0.4 is 10.6 Å². The van der Waals surface area contributed by atoms with Crippen LogP contribution in [0.3, 0.4) is 0 Å². The molecule has 1 saturated carbocycles. The summed E-state index contributed by atoms with van der Waals surface area (Å²) >= 11 is 0. The third-order valence-electron chi connectivity index (χ3n) is 5.79. The number of nitrogens with one attached hydrogen (secondary N) is 2. The Morgan fingerprint density at radius 1 is 1.21 bits per heavy atom. The summed E-state index contributed by atoms with van der Waals surface area (Å²) in [6.45, 7) is 9.68. The first-order valence-electron chi connectivity index (χ1n) is 9.87. The molecule has 2 N–H and O–H groups in total. The lowest BCUT2D eigenvalue weighted by Crippen LogP contribution is -2.44. The van der Waals surface area contributed by atoms with Gasteiger partial charge in [0, 0.05) is 25.2 Å². The molecule has 0 spiro atoms. The number of carbonyl (C=O) groups excluding carboxylic acids is 1. The van der Waals surface area contributed by atoms with Crippen molar-refractivity contribution in [3.8, 4) is 0 Å². The van der Waals surface area contributed by atoms with Crippen LogP contribution >= 0.6 is 0 Å². The second kappa shape index (κ2) is 7.61. The first-order valence-corrected chi connectivity index (χ1v) is 9.87. The van der Waals surface area contributed by atoms with Crippen molar-refractivity contribution in [1.29, 1.82) is 0 Å². The van der Waals surface area contributed by atoms with E-state index in [1.54, 1.807) is 0 Å². The first kappa shape index (κ1) is 18.0. The van der Waals surface area contributed by atoms with Crippen molar-refractivity contribution in [3.05, 3.63) is 0 Å². The standard InChI is InChI=1S/C19H35N3O2/c1-19(2,3)24-18(23)22-11-9-14(13-22)12-21-17-7-4-6-15(17)16-8-5-10-20-16/h14-17,20-21H,4-13H2,1-3H3. The van der Waals surface area contributed by atoms with E-state index in [9.17, 15) is 4.79 Å². The highest BCUT2D eigenvalue weighted by Gasteiger charge is 2.36. The monoisotopic (exact) mass is 337 g/mol. The smallest absolute Gasteiger partial charge is 0.410 e. The summed E-state index contributed by atoms with van der Waals surface area (Å²) in [4.78, 5) is 14.0. The molecule has 4 atom stereocenters. The molecule has 138 valence electrons. The van der Waals surface area contributed by atoms with E-state index in [2.05, 4.69) is 10.6 Å². The third kappa shape index (κ3) is 4.63. The Balaban J connectivity index is 1.42. The quantitative estimate of drug-likeness (QED) is 0.828. The van der Waals surface area contributed by atoms with E-state index in [4.69, 9.17) is 4.74 Å². The molecule has 0 aromatic carbocycles. The molecule has 1 aliphatic carbocycles. The van der Waals surface area contributed by atoms with Crippen LogP contribution in [0.15, 0.2) is 0 Å². The molecular weight excluding hydrogens is 302 g/mol. The van der Waals surface area contributed by atoms with Gasteiger partial charge < -0.3 is 20.3 Å². The molecule has 1 amide bonds. The zero-order chi connectivity index (χ0) is 17.2. The molecule has 2 aliphatic heterocycles. The number of amides is 1. The lowest BCUT2D eigenvalue weighted by atomic mass is 9.92. The summed E-state index contributed by atoms with van der Waals surface area (Å²) in [5.74, 6) is 1.37. The van der Waals surface area contributed by atoms with E-state index < -0.39 is 5.60 Å². The van der Waals surface area contributed by atoms with Crippen molar-refractivity contribution in [2.24, 2.45) is 11.8 Å². The lowest BCUT2D eigenvalue weighted by Gasteiger charge is -2.28. The van der Waals surface area contributed by atoms with Gasteiger partial charge in [-0.1, -0.05) is 6.42 Å². The average molecular weight is 338 g/mol. The summed E-state index contributed by atoms with van der Waals surface area (Å²) in [7, 11) is 0. The van der Waals surface area contributed by atoms with E-state index in [0.29, 0.717) is 12.0 Å². The summed E-state index contributed by atoms with van der Waals surface area (Å²) in [6, 6.07) is 1.39. The maximum atomic E-state index is 12.2. The summed E-state index contributed by atoms with van der Waals surface area (Å²) in [5, 5.41) is 7.53. The fourth-order valence-electron chi connectivity index (χ4n) is 4.61. The number of ether oxygens (including phenoxy) is 1. The van der Waals surface area contributed by atoms with Gasteiger partial charge in [-0.2, -0.15) is 0 Å². The SMILES string of the molecule is CC(C)(C)OC(=O)N1CCC(CNC2CCCC2C2CCCN2)C1. The number of nitrogens with zero attached hydrogens (tertiary/aromatic N) is 1. The highest BCUT2D eigenvalue weighted by atomic mass is 16.6. The van der Waals surface area contributed by atoms with Crippen molar-refractivity contribution >= 4 is 6.09 Å². The molecule has 2 heterocycles. The highest BCUT2D eigenvalue weighted by molar-refractivity contribution is 5.68. The number of carbonyl (C=O) groups is 1. The van der Waals surface area contributed by atoms with Crippen LogP contribution in [-0.4, -0.2) is 54.9 Å². The Kier molecular flexibility index (Phi) is 5.70. The fraction of sp³-hybridized carbons (Fsp3) is 0.947. The maximum absolute atomic E-state index is 12.2. The molecule has 3 rings (SSSR count). The molecule has 0 aromatic rings. The average Bonchev–Trinajstić information content (AvgIpc) is 3.24. The van der Waals surface area contributed by atoms with Crippen LogP contribution in [0.5, 0.6) is 0 Å². The molecule has 0 radical (unpaired) electrons. The largest absolute Gasteiger partial charge is 0.444 e. The first-order chi connectivity index (χ1) is 11.4. The Morgan fingerprint density at radius 2 is 2.04 bits per heavy atom. The second-order valence-corrected chi connectivity index (χ2v) is 8.89. The normalized spacial score (nSPS) is 34.0. The topological polar surface area (TPSA) is 53.6 Å². The van der Waals surface area contributed by atoms with E-state index in [-0.39, 0.29) is 6.09 Å². The van der Waals surface area contributed by atoms with Crippen molar-refractivity contribution in [2.75, 3.05) is 26.2 Å². The Hall–Kier alpha value is -0.810. The zero-order valence-corrected chi connectivity index (χ0v) is 15.6. The van der Waals surface area contributed by atoms with Crippen molar-refractivity contribution < 1.29 is 9.53 Å². The van der Waals surface area contributed by atoms with Crippen molar-refractivity contribution in [1.82, 2.24) is 15.5 Å². The van der Waals surface area contributed by atoms with Crippen LogP contribution in [-0.2, 0) is 4.74 Å². The summed E-state index contributed by atoms with van der Waals surface area (Å²) in [6.07, 6.45) is 7.65. The van der Waals surface area contributed by atoms with Gasteiger partial charge in [-0.25, -0.2) is 4.79 Å². The van der Waals surface area contributed by atoms with E-state index >= 15 is 0 Å². The fourth-order valence-corrected chi connectivity index (χ4v) is 4.61. The van der Waals surface area contributed by atoms with E-state index in [0.717, 1.165) is 38.0 Å². The van der Waals surface area contributed by atoms with Crippen LogP contribution in [0.2, 0.25) is 0 Å². The van der Waals surface area contributed by atoms with Gasteiger partial charge in [0.25, 0.3) is 0 Å². The third-order valence-corrected chi connectivity index (χ3v) is 5.79. The van der Waals surface area contributed by atoms with Gasteiger partial charge in [0.1, 0.15) is 5.60 Å². The summed E-state index contributed by atoms with van der Waals surface area (Å²) < 4.78 is 5.49. The second-order valence-electron chi connectivity index (χ2n) is 8.89. The molecule has 5 nitrogen and oxygen atoms in total. The number of hydrogen-bond acceptors (Lipinski definition) is 4. The zero-order valence-electron chi connectivity index (χ0n) is 15.6. The number of hydrogen-bond donors (Lipinski definition) is 2. The molecular formula is C19H35N3O2. The van der Waals surface area contributed by atoms with Gasteiger partial charge in [-0.15, -0.1) is 0 Å². The minimum atomic E-state index is -0.404. The number of rotatable bonds is 4. The van der Waals surface area contributed by atoms with Gasteiger partial charge >= 0.3 is 6.09 Å². The molecule has 5 heteroatoms. The minimum Gasteiger partial charge on any atom is -0.444 e. The molecule has 2 saturated heterocycles. The molecule has 3 aliphatic rings. The Labute approximate surface area is 146 Å². The molecule has 4 unspecified atom stereocenters. The van der Waals surface area contributed by atoms with Gasteiger partial charge in [0.05, 0.1) is 0 Å². The predicted octanol–water partition coefficient (Wildman–Crippen LogP) is 2.75.